The zero-order valence-corrected chi connectivity index (χ0v) is 27.4. The Bertz CT molecular complexity index is 2050. The Hall–Kier alpha value is -6.38. The molecule has 0 spiro atoms. The maximum absolute atomic E-state index is 6.12. The summed E-state index contributed by atoms with van der Waals surface area (Å²) in [6, 6.07) is 51.8. The summed E-state index contributed by atoms with van der Waals surface area (Å²) in [4.78, 5) is 3.42. The van der Waals surface area contributed by atoms with Gasteiger partial charge in [-0.1, -0.05) is 54.6 Å². The van der Waals surface area contributed by atoms with Crippen LogP contribution in [0.25, 0.3) is 22.9 Å². The molecule has 1 N–H and O–H groups in total. The highest BCUT2D eigenvalue weighted by molar-refractivity contribution is 5.78. The van der Waals surface area contributed by atoms with Crippen molar-refractivity contribution in [2.45, 2.75) is 0 Å². The van der Waals surface area contributed by atoms with E-state index in [2.05, 4.69) is 112 Å². The largest absolute Gasteiger partial charge is 0.493 e. The van der Waals surface area contributed by atoms with Crippen LogP contribution in [0.5, 0.6) is 17.2 Å². The monoisotopic (exact) mass is 647 g/mol. The smallest absolute Gasteiger partial charge is 0.248 e. The fraction of sp³-hybridized carbons (Fsp3) is 0.0732. The van der Waals surface area contributed by atoms with Crippen molar-refractivity contribution in [2.75, 3.05) is 26.2 Å². The summed E-state index contributed by atoms with van der Waals surface area (Å²) < 4.78 is 22.6. The molecule has 0 unspecified atom stereocenters. The average molecular weight is 648 g/mol. The minimum atomic E-state index is 0.339. The number of benzene rings is 6. The van der Waals surface area contributed by atoms with Gasteiger partial charge in [0.25, 0.3) is 0 Å². The van der Waals surface area contributed by atoms with Gasteiger partial charge in [0, 0.05) is 40.3 Å². The summed E-state index contributed by atoms with van der Waals surface area (Å²) in [5.41, 5.74) is 8.00. The second kappa shape index (κ2) is 14.2. The molecule has 0 aliphatic rings. The highest BCUT2D eigenvalue weighted by atomic mass is 16.5. The molecule has 0 fully saturated rings. The lowest BCUT2D eigenvalue weighted by molar-refractivity contribution is -0.681. The molecule has 7 rings (SSSR count). The van der Waals surface area contributed by atoms with Crippen LogP contribution in [0.2, 0.25) is 0 Å². The van der Waals surface area contributed by atoms with E-state index in [1.54, 1.807) is 33.5 Å². The molecule has 1 heterocycles. The Morgan fingerprint density at radius 1 is 0.469 bits per heavy atom. The number of aromatic nitrogens is 2. The van der Waals surface area contributed by atoms with E-state index in [1.807, 2.05) is 42.5 Å². The molecule has 0 amide bonds. The van der Waals surface area contributed by atoms with Gasteiger partial charge in [-0.25, -0.2) is 4.90 Å². The molecule has 0 bridgehead atoms. The number of anilines is 3. The van der Waals surface area contributed by atoms with Crippen LogP contribution in [0.3, 0.4) is 0 Å². The molecule has 242 valence electrons. The summed E-state index contributed by atoms with van der Waals surface area (Å²) in [7, 11) is 4.70. The quantitative estimate of drug-likeness (QED) is 0.150. The van der Waals surface area contributed by atoms with Crippen molar-refractivity contribution in [3.05, 3.63) is 152 Å². The zero-order valence-electron chi connectivity index (χ0n) is 27.4. The number of ether oxygens (including phenoxy) is 3. The predicted octanol–water partition coefficient (Wildman–Crippen LogP) is 9.08. The van der Waals surface area contributed by atoms with Gasteiger partial charge in [-0.05, 0) is 84.9 Å². The van der Waals surface area contributed by atoms with Gasteiger partial charge in [0.05, 0.1) is 21.3 Å². The maximum atomic E-state index is 6.12. The second-order valence-corrected chi connectivity index (χ2v) is 11.2. The lowest BCUT2D eigenvalue weighted by atomic mass is 10.1. The van der Waals surface area contributed by atoms with Crippen molar-refractivity contribution in [1.29, 1.82) is 0 Å². The van der Waals surface area contributed by atoms with E-state index in [1.165, 1.54) is 16.3 Å². The number of nitrogens with one attached hydrogen (secondary N) is 1. The van der Waals surface area contributed by atoms with Gasteiger partial charge in [-0.15, -0.1) is 10.2 Å². The third-order valence-corrected chi connectivity index (χ3v) is 8.26. The van der Waals surface area contributed by atoms with Gasteiger partial charge >= 0.3 is 0 Å². The molecule has 6 aromatic carbocycles. The van der Waals surface area contributed by atoms with E-state index in [0.29, 0.717) is 34.6 Å². The van der Waals surface area contributed by atoms with Crippen LogP contribution in [0.15, 0.2) is 156 Å². The molecule has 0 aliphatic carbocycles. The van der Waals surface area contributed by atoms with Gasteiger partial charge in [0.1, 0.15) is 17.1 Å². The fourth-order valence-corrected chi connectivity index (χ4v) is 5.93. The van der Waals surface area contributed by atoms with Crippen LogP contribution in [0.4, 0.5) is 34.1 Å². The third kappa shape index (κ3) is 6.45. The number of quaternary nitrogens is 1. The van der Waals surface area contributed by atoms with Gasteiger partial charge in [0.15, 0.2) is 11.5 Å². The highest BCUT2D eigenvalue weighted by Crippen LogP contribution is 2.41. The molecule has 0 radical (unpaired) electrons. The topological polar surface area (TPSA) is 74.3 Å². The first kappa shape index (κ1) is 31.2. The second-order valence-electron chi connectivity index (χ2n) is 11.2. The summed E-state index contributed by atoms with van der Waals surface area (Å²) in [5.74, 6) is 2.24. The van der Waals surface area contributed by atoms with E-state index in [-0.39, 0.29) is 0 Å². The Balaban J connectivity index is 1.20. The van der Waals surface area contributed by atoms with Crippen LogP contribution in [0, 0.1) is 0 Å². The summed E-state index contributed by atoms with van der Waals surface area (Å²) in [6.45, 7) is 0. The van der Waals surface area contributed by atoms with Crippen molar-refractivity contribution in [3.63, 3.8) is 0 Å². The molecular weight excluding hydrogens is 612 g/mol. The number of hydrogen-bond donors (Lipinski definition) is 1. The van der Waals surface area contributed by atoms with Crippen LogP contribution in [-0.2, 0) is 0 Å². The molecule has 0 saturated heterocycles. The third-order valence-electron chi connectivity index (χ3n) is 8.26. The number of methoxy groups -OCH3 is 3. The van der Waals surface area contributed by atoms with Crippen molar-refractivity contribution >= 4 is 34.1 Å². The minimum Gasteiger partial charge on any atom is -0.493 e. The standard InChI is InChI=1S/C41H34N4O4/c1-46-37-27-30(28-38(47-2)39(37)48-3)41-43-42-40(49-41)29-19-21-34(22-20-29)45(33-17-11-6-12-18-33)36-25-23-35(24-26-36)44(31-13-7-4-8-14-31)32-15-9-5-10-16-32/h4-28H,1-3H3/p+1. The van der Waals surface area contributed by atoms with Crippen molar-refractivity contribution < 1.29 is 23.5 Å². The molecule has 0 saturated carbocycles. The molecule has 0 atom stereocenters. The lowest BCUT2D eigenvalue weighted by Gasteiger charge is -2.26. The number of para-hydroxylation sites is 3. The molecule has 1 aromatic heterocycles. The van der Waals surface area contributed by atoms with E-state index in [9.17, 15) is 0 Å². The van der Waals surface area contributed by atoms with Gasteiger partial charge in [-0.3, -0.25) is 0 Å². The highest BCUT2D eigenvalue weighted by Gasteiger charge is 2.21. The molecular formula is C41H35N4O4+. The molecule has 0 aliphatic heterocycles. The number of rotatable bonds is 11. The van der Waals surface area contributed by atoms with E-state index < -0.39 is 0 Å². The van der Waals surface area contributed by atoms with E-state index >= 15 is 0 Å². The first-order valence-electron chi connectivity index (χ1n) is 15.8. The number of nitrogens with zero attached hydrogens (tertiary/aromatic N) is 3. The first-order chi connectivity index (χ1) is 24.2. The van der Waals surface area contributed by atoms with Gasteiger partial charge in [-0.2, -0.15) is 0 Å². The molecule has 8 nitrogen and oxygen atoms in total. The Morgan fingerprint density at radius 3 is 1.39 bits per heavy atom. The Kier molecular flexibility index (Phi) is 9.03. The Labute approximate surface area is 285 Å². The van der Waals surface area contributed by atoms with Crippen LogP contribution >= 0.6 is 0 Å². The van der Waals surface area contributed by atoms with Gasteiger partial charge < -0.3 is 23.5 Å². The van der Waals surface area contributed by atoms with Crippen LogP contribution in [-0.4, -0.2) is 31.5 Å². The van der Waals surface area contributed by atoms with Crippen LogP contribution < -0.4 is 24.0 Å². The minimum absolute atomic E-state index is 0.339. The molecule has 7 aromatic rings. The first-order valence-corrected chi connectivity index (χ1v) is 15.8. The number of hydrogen-bond acceptors (Lipinski definition) is 7. The van der Waals surface area contributed by atoms with Crippen LogP contribution in [0.1, 0.15) is 0 Å². The lowest BCUT2D eigenvalue weighted by Crippen LogP contribution is -2.96. The van der Waals surface area contributed by atoms with Crippen molar-refractivity contribution in [1.82, 2.24) is 10.2 Å². The van der Waals surface area contributed by atoms with Gasteiger partial charge in [0.2, 0.25) is 17.5 Å². The summed E-state index contributed by atoms with van der Waals surface area (Å²) in [6.07, 6.45) is 0. The van der Waals surface area contributed by atoms with Crippen molar-refractivity contribution in [3.8, 4) is 40.2 Å². The average Bonchev–Trinajstić information content (AvgIpc) is 3.67. The van der Waals surface area contributed by atoms with Crippen molar-refractivity contribution in [2.24, 2.45) is 0 Å². The fourth-order valence-electron chi connectivity index (χ4n) is 5.93. The summed E-state index contributed by atoms with van der Waals surface area (Å²) >= 11 is 0. The van der Waals surface area contributed by atoms with E-state index in [0.717, 1.165) is 28.3 Å². The zero-order chi connectivity index (χ0) is 33.6. The Morgan fingerprint density at radius 2 is 0.898 bits per heavy atom. The van der Waals surface area contributed by atoms with E-state index in [4.69, 9.17) is 18.6 Å². The molecule has 8 heteroatoms. The summed E-state index contributed by atoms with van der Waals surface area (Å²) in [5, 5.41) is 8.64. The predicted molar refractivity (Wildman–Crippen MR) is 192 cm³/mol. The SMILES string of the molecule is COc1cc(-c2nnc(-c3ccc(N(c4ccccc4)c4ccc([NH+](c5ccccc5)c5ccccc5)cc4)cc3)o2)cc(OC)c1OC. The molecule has 49 heavy (non-hydrogen) atoms. The maximum Gasteiger partial charge on any atom is 0.248 e. The normalized spacial score (nSPS) is 10.9.